The molecule has 2 aliphatic rings. The number of ether oxygens (including phenoxy) is 2. The average molecular weight is 390 g/mol. The molecule has 29 heavy (non-hydrogen) atoms. The van der Waals surface area contributed by atoms with E-state index in [-0.39, 0.29) is 17.7 Å². The van der Waals surface area contributed by atoms with E-state index in [1.54, 1.807) is 23.0 Å². The summed E-state index contributed by atoms with van der Waals surface area (Å²) in [6.07, 6.45) is 4.16. The number of rotatable bonds is 3. The number of pyridine rings is 1. The van der Waals surface area contributed by atoms with Crippen molar-refractivity contribution in [3.8, 4) is 22.8 Å². The van der Waals surface area contributed by atoms with Gasteiger partial charge in [0.05, 0.1) is 12.2 Å². The number of aromatic nitrogens is 3. The standard InChI is InChI=1S/C22H22N4O3/c1-15-8-11-25-21(27)12-18(16-6-9-23-10-7-16)24-22(25)26(15)13-17-14-28-19-4-2-3-5-20(19)29-17/h2-7,9-10,12,15,17H,8,11,13-14H2,1H3. The number of hydrogen-bond acceptors (Lipinski definition) is 6. The van der Waals surface area contributed by atoms with Crippen LogP contribution in [0.4, 0.5) is 5.95 Å². The molecule has 0 saturated heterocycles. The number of hydrogen-bond donors (Lipinski definition) is 0. The van der Waals surface area contributed by atoms with Gasteiger partial charge in [0.1, 0.15) is 6.61 Å². The zero-order valence-electron chi connectivity index (χ0n) is 16.2. The molecule has 0 aliphatic carbocycles. The first-order valence-corrected chi connectivity index (χ1v) is 9.86. The Morgan fingerprint density at radius 2 is 1.93 bits per heavy atom. The highest BCUT2D eigenvalue weighted by atomic mass is 16.6. The smallest absolute Gasteiger partial charge is 0.255 e. The highest BCUT2D eigenvalue weighted by Gasteiger charge is 2.31. The molecule has 0 amide bonds. The van der Waals surface area contributed by atoms with Crippen molar-refractivity contribution in [3.05, 3.63) is 65.2 Å². The van der Waals surface area contributed by atoms with Crippen LogP contribution in [0.5, 0.6) is 11.5 Å². The van der Waals surface area contributed by atoms with E-state index in [0.29, 0.717) is 31.3 Å². The van der Waals surface area contributed by atoms with Crippen molar-refractivity contribution in [1.82, 2.24) is 14.5 Å². The molecule has 2 atom stereocenters. The lowest BCUT2D eigenvalue weighted by atomic mass is 10.1. The lowest BCUT2D eigenvalue weighted by molar-refractivity contribution is 0.0927. The molecule has 2 aromatic heterocycles. The van der Waals surface area contributed by atoms with Crippen LogP contribution in [0, 0.1) is 0 Å². The summed E-state index contributed by atoms with van der Waals surface area (Å²) in [5.74, 6) is 2.21. The third-order valence-electron chi connectivity index (χ3n) is 5.49. The molecule has 1 aromatic carbocycles. The van der Waals surface area contributed by atoms with Crippen molar-refractivity contribution in [2.24, 2.45) is 0 Å². The maximum Gasteiger partial charge on any atom is 0.255 e. The molecular formula is C22H22N4O3. The Morgan fingerprint density at radius 1 is 1.14 bits per heavy atom. The van der Waals surface area contributed by atoms with Crippen LogP contribution in [0.3, 0.4) is 0 Å². The van der Waals surface area contributed by atoms with Crippen molar-refractivity contribution in [3.63, 3.8) is 0 Å². The lowest BCUT2D eigenvalue weighted by Gasteiger charge is -2.39. The van der Waals surface area contributed by atoms with Gasteiger partial charge in [0, 0.05) is 36.6 Å². The molecule has 5 rings (SSSR count). The first-order valence-electron chi connectivity index (χ1n) is 9.86. The van der Waals surface area contributed by atoms with Gasteiger partial charge in [-0.3, -0.25) is 14.3 Å². The molecule has 148 valence electrons. The van der Waals surface area contributed by atoms with Gasteiger partial charge in [0.15, 0.2) is 17.6 Å². The second-order valence-corrected chi connectivity index (χ2v) is 7.45. The first kappa shape index (κ1) is 17.7. The Kier molecular flexibility index (Phi) is 4.42. The van der Waals surface area contributed by atoms with E-state index in [9.17, 15) is 4.79 Å². The summed E-state index contributed by atoms with van der Waals surface area (Å²) < 4.78 is 13.8. The van der Waals surface area contributed by atoms with Crippen LogP contribution in [0.15, 0.2) is 59.7 Å². The van der Waals surface area contributed by atoms with Crippen molar-refractivity contribution in [1.29, 1.82) is 0 Å². The van der Waals surface area contributed by atoms with Gasteiger partial charge in [0.25, 0.3) is 5.56 Å². The Balaban J connectivity index is 1.47. The maximum absolute atomic E-state index is 12.8. The molecule has 0 bridgehead atoms. The molecule has 7 nitrogen and oxygen atoms in total. The Labute approximate surface area is 168 Å². The summed E-state index contributed by atoms with van der Waals surface area (Å²) in [5.41, 5.74) is 1.50. The van der Waals surface area contributed by atoms with Crippen molar-refractivity contribution >= 4 is 5.95 Å². The third kappa shape index (κ3) is 3.33. The lowest BCUT2D eigenvalue weighted by Crippen LogP contribution is -2.50. The Morgan fingerprint density at radius 3 is 2.76 bits per heavy atom. The molecule has 0 radical (unpaired) electrons. The van der Waals surface area contributed by atoms with Crippen LogP contribution in [0.1, 0.15) is 13.3 Å². The number of fused-ring (bicyclic) bond motifs is 2. The fourth-order valence-electron chi connectivity index (χ4n) is 3.90. The maximum atomic E-state index is 12.8. The van der Waals surface area contributed by atoms with Gasteiger partial charge in [-0.15, -0.1) is 0 Å². The highest BCUT2D eigenvalue weighted by molar-refractivity contribution is 5.60. The molecule has 7 heteroatoms. The molecule has 0 N–H and O–H groups in total. The van der Waals surface area contributed by atoms with E-state index in [2.05, 4.69) is 16.8 Å². The fraction of sp³-hybridized carbons (Fsp3) is 0.318. The van der Waals surface area contributed by atoms with Crippen LogP contribution in [0.2, 0.25) is 0 Å². The minimum absolute atomic E-state index is 0.0372. The zero-order chi connectivity index (χ0) is 19.8. The van der Waals surface area contributed by atoms with E-state index >= 15 is 0 Å². The Bertz CT molecular complexity index is 1080. The minimum atomic E-state index is -0.139. The SMILES string of the molecule is CC1CCn2c(nc(-c3ccncc3)cc2=O)N1CC1COc2ccccc2O1. The van der Waals surface area contributed by atoms with Gasteiger partial charge in [-0.1, -0.05) is 12.1 Å². The summed E-state index contributed by atoms with van der Waals surface area (Å²) in [5, 5.41) is 0. The summed E-state index contributed by atoms with van der Waals surface area (Å²) in [6, 6.07) is 13.3. The van der Waals surface area contributed by atoms with Crippen LogP contribution in [-0.2, 0) is 6.54 Å². The summed E-state index contributed by atoms with van der Waals surface area (Å²) in [6.45, 7) is 3.89. The van der Waals surface area contributed by atoms with Crippen LogP contribution < -0.4 is 19.9 Å². The quantitative estimate of drug-likeness (QED) is 0.685. The monoisotopic (exact) mass is 390 g/mol. The average Bonchev–Trinajstić information content (AvgIpc) is 2.76. The number of benzene rings is 1. The van der Waals surface area contributed by atoms with Crippen molar-refractivity contribution in [2.45, 2.75) is 32.0 Å². The molecule has 0 spiro atoms. The van der Waals surface area contributed by atoms with Gasteiger partial charge in [-0.05, 0) is 37.6 Å². The molecule has 3 aromatic rings. The van der Waals surface area contributed by atoms with Gasteiger partial charge >= 0.3 is 0 Å². The van der Waals surface area contributed by atoms with Crippen LogP contribution >= 0.6 is 0 Å². The summed E-state index contributed by atoms with van der Waals surface area (Å²) >= 11 is 0. The minimum Gasteiger partial charge on any atom is -0.486 e. The number of para-hydroxylation sites is 2. The van der Waals surface area contributed by atoms with E-state index in [4.69, 9.17) is 14.5 Å². The van der Waals surface area contributed by atoms with E-state index in [0.717, 1.165) is 23.5 Å². The predicted octanol–water partition coefficient (Wildman–Crippen LogP) is 2.74. The van der Waals surface area contributed by atoms with Crippen LogP contribution in [0.25, 0.3) is 11.3 Å². The summed E-state index contributed by atoms with van der Waals surface area (Å²) in [4.78, 5) is 23.9. The van der Waals surface area contributed by atoms with Gasteiger partial charge < -0.3 is 14.4 Å². The van der Waals surface area contributed by atoms with Crippen molar-refractivity contribution in [2.75, 3.05) is 18.1 Å². The topological polar surface area (TPSA) is 69.5 Å². The molecule has 4 heterocycles. The molecule has 0 fully saturated rings. The molecule has 2 unspecified atom stereocenters. The first-order chi connectivity index (χ1) is 14.2. The van der Waals surface area contributed by atoms with E-state index in [1.807, 2.05) is 36.4 Å². The fourth-order valence-corrected chi connectivity index (χ4v) is 3.90. The van der Waals surface area contributed by atoms with Crippen LogP contribution in [-0.4, -0.2) is 39.8 Å². The van der Waals surface area contributed by atoms with Gasteiger partial charge in [0.2, 0.25) is 5.95 Å². The van der Waals surface area contributed by atoms with E-state index < -0.39 is 0 Å². The normalized spacial score (nSPS) is 20.2. The highest BCUT2D eigenvalue weighted by Crippen LogP contribution is 2.32. The zero-order valence-corrected chi connectivity index (χ0v) is 16.2. The number of anilines is 1. The van der Waals surface area contributed by atoms with Crippen molar-refractivity contribution < 1.29 is 9.47 Å². The molecular weight excluding hydrogens is 368 g/mol. The Hall–Kier alpha value is -3.35. The number of nitrogens with zero attached hydrogens (tertiary/aromatic N) is 4. The molecule has 0 saturated carbocycles. The summed E-state index contributed by atoms with van der Waals surface area (Å²) in [7, 11) is 0. The predicted molar refractivity (Wildman–Crippen MR) is 110 cm³/mol. The van der Waals surface area contributed by atoms with E-state index in [1.165, 1.54) is 0 Å². The second-order valence-electron chi connectivity index (χ2n) is 7.45. The third-order valence-corrected chi connectivity index (χ3v) is 5.49. The largest absolute Gasteiger partial charge is 0.486 e. The van der Waals surface area contributed by atoms with Gasteiger partial charge in [-0.25, -0.2) is 4.98 Å². The molecule has 2 aliphatic heterocycles. The van der Waals surface area contributed by atoms with Gasteiger partial charge in [-0.2, -0.15) is 0 Å². The second kappa shape index (κ2) is 7.24.